The molecule has 1 heterocycles. The summed E-state index contributed by atoms with van der Waals surface area (Å²) in [6.45, 7) is 0. The number of sulfone groups is 1. The first-order valence-corrected chi connectivity index (χ1v) is 9.30. The molecule has 0 bridgehead atoms. The number of nitrogens with one attached hydrogen (secondary N) is 1. The maximum atomic E-state index is 12.5. The number of nitrogens with zero attached hydrogens (tertiary/aromatic N) is 1. The molecule has 0 spiro atoms. The van der Waals surface area contributed by atoms with Crippen LogP contribution in [0.1, 0.15) is 0 Å². The molecular weight excluding hydrogens is 371 g/mol. The van der Waals surface area contributed by atoms with Gasteiger partial charge in [0.1, 0.15) is 10.8 Å². The minimum absolute atomic E-state index is 0.285. The summed E-state index contributed by atoms with van der Waals surface area (Å²) in [5, 5.41) is 3.88. The summed E-state index contributed by atoms with van der Waals surface area (Å²) in [5.41, 5.74) is 1.10. The molecular formula is C16H12Cl2N2O3S. The summed E-state index contributed by atoms with van der Waals surface area (Å²) in [6, 6.07) is 13.1. The highest BCUT2D eigenvalue weighted by atomic mass is 35.5. The first kappa shape index (κ1) is 16.8. The molecule has 1 aliphatic rings. The number of rotatable bonds is 3. The van der Waals surface area contributed by atoms with E-state index in [2.05, 4.69) is 5.32 Å². The SMILES string of the molecule is O=C1/C(=C/Nc2ccc(Cl)cc2)S(=O)(=O)CN1c1ccc(Cl)cc1. The first-order chi connectivity index (χ1) is 11.4. The topological polar surface area (TPSA) is 66.5 Å². The van der Waals surface area contributed by atoms with Gasteiger partial charge in [-0.3, -0.25) is 9.69 Å². The molecule has 0 unspecified atom stereocenters. The maximum Gasteiger partial charge on any atom is 0.272 e. The molecule has 5 nitrogen and oxygen atoms in total. The summed E-state index contributed by atoms with van der Waals surface area (Å²) in [4.78, 5) is 13.4. The third-order valence-electron chi connectivity index (χ3n) is 3.44. The van der Waals surface area contributed by atoms with Gasteiger partial charge in [-0.1, -0.05) is 23.2 Å². The van der Waals surface area contributed by atoms with Crippen LogP contribution in [0.2, 0.25) is 10.0 Å². The van der Waals surface area contributed by atoms with Crippen LogP contribution >= 0.6 is 23.2 Å². The van der Waals surface area contributed by atoms with Crippen LogP contribution in [0, 0.1) is 0 Å². The van der Waals surface area contributed by atoms with Gasteiger partial charge in [0.25, 0.3) is 5.91 Å². The lowest BCUT2D eigenvalue weighted by atomic mass is 10.3. The highest BCUT2D eigenvalue weighted by molar-refractivity contribution is 7.97. The van der Waals surface area contributed by atoms with Crippen molar-refractivity contribution in [2.45, 2.75) is 0 Å². The molecule has 1 aliphatic heterocycles. The predicted molar refractivity (Wildman–Crippen MR) is 95.9 cm³/mol. The van der Waals surface area contributed by atoms with Crippen LogP contribution in [-0.4, -0.2) is 20.2 Å². The molecule has 0 saturated carbocycles. The van der Waals surface area contributed by atoms with E-state index in [0.29, 0.717) is 21.4 Å². The molecule has 8 heteroatoms. The number of halogens is 2. The van der Waals surface area contributed by atoms with Crippen molar-refractivity contribution in [3.63, 3.8) is 0 Å². The highest BCUT2D eigenvalue weighted by Gasteiger charge is 2.40. The van der Waals surface area contributed by atoms with Crippen molar-refractivity contribution in [2.75, 3.05) is 16.1 Å². The third kappa shape index (κ3) is 3.40. The average Bonchev–Trinajstić information content (AvgIpc) is 2.77. The van der Waals surface area contributed by atoms with Crippen LogP contribution in [0.5, 0.6) is 0 Å². The van der Waals surface area contributed by atoms with Crippen molar-refractivity contribution >= 4 is 50.3 Å². The van der Waals surface area contributed by atoms with Gasteiger partial charge in [0.2, 0.25) is 9.84 Å². The number of carbonyl (C=O) groups excluding carboxylic acids is 1. The van der Waals surface area contributed by atoms with E-state index in [-0.39, 0.29) is 4.91 Å². The van der Waals surface area contributed by atoms with Gasteiger partial charge in [0, 0.05) is 27.6 Å². The van der Waals surface area contributed by atoms with Crippen LogP contribution < -0.4 is 10.2 Å². The second kappa shape index (κ2) is 6.47. The largest absolute Gasteiger partial charge is 0.360 e. The van der Waals surface area contributed by atoms with Crippen molar-refractivity contribution in [1.29, 1.82) is 0 Å². The minimum Gasteiger partial charge on any atom is -0.360 e. The average molecular weight is 383 g/mol. The van der Waals surface area contributed by atoms with Gasteiger partial charge in [-0.05, 0) is 48.5 Å². The molecule has 1 N–H and O–H groups in total. The molecule has 1 saturated heterocycles. The lowest BCUT2D eigenvalue weighted by Gasteiger charge is -2.13. The summed E-state index contributed by atoms with van der Waals surface area (Å²) in [7, 11) is -3.71. The fourth-order valence-electron chi connectivity index (χ4n) is 2.22. The second-order valence-corrected chi connectivity index (χ2v) is 7.91. The Morgan fingerprint density at radius 3 is 2.08 bits per heavy atom. The third-order valence-corrected chi connectivity index (χ3v) is 5.51. The summed E-state index contributed by atoms with van der Waals surface area (Å²) >= 11 is 11.6. The van der Waals surface area contributed by atoms with Crippen LogP contribution in [-0.2, 0) is 14.6 Å². The summed E-state index contributed by atoms with van der Waals surface area (Å²) in [5.74, 6) is -0.986. The van der Waals surface area contributed by atoms with E-state index < -0.39 is 21.6 Å². The zero-order valence-corrected chi connectivity index (χ0v) is 14.6. The molecule has 24 heavy (non-hydrogen) atoms. The molecule has 0 atom stereocenters. The highest BCUT2D eigenvalue weighted by Crippen LogP contribution is 2.28. The Balaban J connectivity index is 1.87. The van der Waals surface area contributed by atoms with E-state index in [4.69, 9.17) is 23.2 Å². The van der Waals surface area contributed by atoms with Gasteiger partial charge in [0.15, 0.2) is 0 Å². The van der Waals surface area contributed by atoms with Crippen molar-refractivity contribution < 1.29 is 13.2 Å². The molecule has 0 aromatic heterocycles. The number of hydrogen-bond acceptors (Lipinski definition) is 4. The van der Waals surface area contributed by atoms with Gasteiger partial charge in [0.05, 0.1) is 0 Å². The normalized spacial score (nSPS) is 18.2. The van der Waals surface area contributed by atoms with Crippen LogP contribution in [0.15, 0.2) is 59.6 Å². The molecule has 2 aromatic rings. The van der Waals surface area contributed by atoms with Gasteiger partial charge in [-0.2, -0.15) is 0 Å². The Kier molecular flexibility index (Phi) is 4.54. The van der Waals surface area contributed by atoms with Crippen molar-refractivity contribution in [3.8, 4) is 0 Å². The number of anilines is 2. The van der Waals surface area contributed by atoms with Crippen molar-refractivity contribution in [3.05, 3.63) is 69.7 Å². The van der Waals surface area contributed by atoms with Crippen LogP contribution in [0.4, 0.5) is 11.4 Å². The fraction of sp³-hybridized carbons (Fsp3) is 0.0625. The van der Waals surface area contributed by atoms with E-state index in [1.807, 2.05) is 0 Å². The molecule has 0 aliphatic carbocycles. The molecule has 2 aromatic carbocycles. The van der Waals surface area contributed by atoms with Gasteiger partial charge in [-0.15, -0.1) is 0 Å². The van der Waals surface area contributed by atoms with E-state index in [9.17, 15) is 13.2 Å². The smallest absolute Gasteiger partial charge is 0.272 e. The Bertz CT molecular complexity index is 907. The van der Waals surface area contributed by atoms with Crippen molar-refractivity contribution in [1.82, 2.24) is 0 Å². The standard InChI is InChI=1S/C16H12Cl2N2O3S/c17-11-1-5-13(6-2-11)19-9-15-16(21)20(10-24(15,22)23)14-7-3-12(18)4-8-14/h1-9,19H,10H2/b15-9-. The second-order valence-electron chi connectivity index (χ2n) is 5.11. The molecule has 1 amide bonds. The molecule has 124 valence electrons. The van der Waals surface area contributed by atoms with E-state index in [0.717, 1.165) is 0 Å². The summed E-state index contributed by atoms with van der Waals surface area (Å²) < 4.78 is 24.6. The monoisotopic (exact) mass is 382 g/mol. The van der Waals surface area contributed by atoms with Gasteiger partial charge < -0.3 is 5.32 Å². The van der Waals surface area contributed by atoms with E-state index in [1.165, 1.54) is 11.1 Å². The fourth-order valence-corrected chi connectivity index (χ4v) is 3.84. The zero-order chi connectivity index (χ0) is 17.3. The van der Waals surface area contributed by atoms with Gasteiger partial charge >= 0.3 is 0 Å². The number of hydrogen-bond donors (Lipinski definition) is 1. The molecule has 3 rings (SSSR count). The predicted octanol–water partition coefficient (Wildman–Crippen LogP) is 3.67. The Hall–Kier alpha value is -2.02. The first-order valence-electron chi connectivity index (χ1n) is 6.89. The zero-order valence-electron chi connectivity index (χ0n) is 12.2. The molecule has 1 fully saturated rings. The number of benzene rings is 2. The number of amides is 1. The van der Waals surface area contributed by atoms with E-state index >= 15 is 0 Å². The Morgan fingerprint density at radius 2 is 1.50 bits per heavy atom. The van der Waals surface area contributed by atoms with Gasteiger partial charge in [-0.25, -0.2) is 8.42 Å². The summed E-state index contributed by atoms with van der Waals surface area (Å²) in [6.07, 6.45) is 1.21. The Labute approximate surface area is 149 Å². The van der Waals surface area contributed by atoms with E-state index in [1.54, 1.807) is 48.5 Å². The lowest BCUT2D eigenvalue weighted by Crippen LogP contribution is -2.24. The molecule has 0 radical (unpaired) electrons. The van der Waals surface area contributed by atoms with Crippen molar-refractivity contribution in [2.24, 2.45) is 0 Å². The quantitative estimate of drug-likeness (QED) is 0.822. The van der Waals surface area contributed by atoms with Crippen LogP contribution in [0.25, 0.3) is 0 Å². The minimum atomic E-state index is -3.71. The number of carbonyl (C=O) groups is 1. The Morgan fingerprint density at radius 1 is 0.958 bits per heavy atom. The van der Waals surface area contributed by atoms with Crippen LogP contribution in [0.3, 0.4) is 0 Å². The maximum absolute atomic E-state index is 12.5. The lowest BCUT2D eigenvalue weighted by molar-refractivity contribution is -0.114.